The molecule has 2 saturated heterocycles. The van der Waals surface area contributed by atoms with Crippen LogP contribution in [-0.2, 0) is 20.8 Å². The highest BCUT2D eigenvalue weighted by molar-refractivity contribution is 7.91. The minimum atomic E-state index is -4.64. The van der Waals surface area contributed by atoms with Gasteiger partial charge < -0.3 is 15.4 Å². The van der Waals surface area contributed by atoms with Crippen LogP contribution in [0.2, 0.25) is 0 Å². The van der Waals surface area contributed by atoms with Crippen molar-refractivity contribution < 1.29 is 31.1 Å². The van der Waals surface area contributed by atoms with Crippen molar-refractivity contribution in [3.05, 3.63) is 48.3 Å². The van der Waals surface area contributed by atoms with Crippen molar-refractivity contribution in [1.82, 2.24) is 14.9 Å². The number of hydrogen-bond acceptors (Lipinski definition) is 7. The largest absolute Gasteiger partial charge is 0.488 e. The van der Waals surface area contributed by atoms with Crippen molar-refractivity contribution in [3.8, 4) is 16.9 Å². The maximum Gasteiger partial charge on any atom is 0.419 e. The normalized spacial score (nSPS) is 20.3. The number of halogens is 3. The maximum absolute atomic E-state index is 13.4. The summed E-state index contributed by atoms with van der Waals surface area (Å²) in [6.45, 7) is 0.904. The number of sulfone groups is 1. The molecule has 5 rings (SSSR count). The summed E-state index contributed by atoms with van der Waals surface area (Å²) in [6, 6.07) is 7.76. The van der Waals surface area contributed by atoms with Gasteiger partial charge in [-0.2, -0.15) is 13.2 Å². The standard InChI is InChI=1S/C25H25F3N4O4S/c26-25(27,28)21-11-16(13-31-23(21)29)19-3-7-30-22-2-1-17(12-20(19)22)36-18-4-8-32(14-18)24(33)15-5-9-37(34,35)10-6-15/h1-3,7,11-13,15,18H,4-6,8-10,14H2,(H2,29,31)/t18-/m0/s1. The minimum absolute atomic E-state index is 0.0395. The highest BCUT2D eigenvalue weighted by Gasteiger charge is 2.36. The van der Waals surface area contributed by atoms with Crippen molar-refractivity contribution in [1.29, 1.82) is 0 Å². The van der Waals surface area contributed by atoms with Crippen molar-refractivity contribution in [2.24, 2.45) is 5.92 Å². The summed E-state index contributed by atoms with van der Waals surface area (Å²) in [7, 11) is -3.04. The molecule has 0 bridgehead atoms. The van der Waals surface area contributed by atoms with Crippen LogP contribution >= 0.6 is 0 Å². The topological polar surface area (TPSA) is 115 Å². The fourth-order valence-electron chi connectivity index (χ4n) is 4.91. The molecule has 0 aliphatic carbocycles. The molecule has 0 unspecified atom stereocenters. The predicted molar refractivity (Wildman–Crippen MR) is 131 cm³/mol. The SMILES string of the molecule is Nc1ncc(-c2ccnc3ccc(O[C@H]4CCN(C(=O)C5CCS(=O)(=O)CC5)C4)cc23)cc1C(F)(F)F. The monoisotopic (exact) mass is 534 g/mol. The number of ether oxygens (including phenoxy) is 1. The number of likely N-dealkylation sites (tertiary alicyclic amines) is 1. The van der Waals surface area contributed by atoms with E-state index in [1.165, 1.54) is 12.4 Å². The number of pyridine rings is 2. The lowest BCUT2D eigenvalue weighted by atomic mass is 10.0. The third-order valence-corrected chi connectivity index (χ3v) is 8.63. The Morgan fingerprint density at radius 3 is 2.57 bits per heavy atom. The summed E-state index contributed by atoms with van der Waals surface area (Å²) < 4.78 is 69.6. The van der Waals surface area contributed by atoms with Gasteiger partial charge in [0.2, 0.25) is 5.91 Å². The third-order valence-electron chi connectivity index (χ3n) is 6.91. The first-order valence-electron chi connectivity index (χ1n) is 11.9. The van der Waals surface area contributed by atoms with Crippen molar-refractivity contribution in [2.45, 2.75) is 31.5 Å². The van der Waals surface area contributed by atoms with Gasteiger partial charge in [-0.1, -0.05) is 0 Å². The summed E-state index contributed by atoms with van der Waals surface area (Å²) in [4.78, 5) is 22.7. The molecule has 12 heteroatoms. The first-order valence-corrected chi connectivity index (χ1v) is 13.7. The Kier molecular flexibility index (Phi) is 6.47. The van der Waals surface area contributed by atoms with E-state index in [0.717, 1.165) is 6.07 Å². The molecule has 196 valence electrons. The number of hydrogen-bond donors (Lipinski definition) is 1. The summed E-state index contributed by atoms with van der Waals surface area (Å²) >= 11 is 0. The zero-order valence-corrected chi connectivity index (χ0v) is 20.6. The van der Waals surface area contributed by atoms with Crippen molar-refractivity contribution in [2.75, 3.05) is 30.3 Å². The number of carbonyl (C=O) groups excluding carboxylic acids is 1. The molecule has 0 radical (unpaired) electrons. The van der Waals surface area contributed by atoms with Crippen LogP contribution in [0.1, 0.15) is 24.8 Å². The van der Waals surface area contributed by atoms with E-state index in [4.69, 9.17) is 10.5 Å². The number of fused-ring (bicyclic) bond motifs is 1. The summed E-state index contributed by atoms with van der Waals surface area (Å²) in [5, 5.41) is 0.592. The Labute approximate surface area is 211 Å². The van der Waals surface area contributed by atoms with Gasteiger partial charge in [-0.25, -0.2) is 13.4 Å². The molecule has 2 fully saturated rings. The van der Waals surface area contributed by atoms with E-state index in [1.807, 2.05) is 0 Å². The maximum atomic E-state index is 13.4. The van der Waals surface area contributed by atoms with E-state index >= 15 is 0 Å². The van der Waals surface area contributed by atoms with E-state index < -0.39 is 27.4 Å². The Morgan fingerprint density at radius 2 is 1.84 bits per heavy atom. The fourth-order valence-corrected chi connectivity index (χ4v) is 6.40. The van der Waals surface area contributed by atoms with Gasteiger partial charge in [-0.3, -0.25) is 9.78 Å². The summed E-state index contributed by atoms with van der Waals surface area (Å²) in [5.74, 6) is -0.330. The number of nitrogens with two attached hydrogens (primary N) is 1. The first kappa shape index (κ1) is 25.2. The molecule has 0 saturated carbocycles. The van der Waals surface area contributed by atoms with Crippen LogP contribution < -0.4 is 10.5 Å². The number of aromatic nitrogens is 2. The number of alkyl halides is 3. The Hall–Kier alpha value is -3.41. The van der Waals surface area contributed by atoms with Gasteiger partial charge in [-0.15, -0.1) is 0 Å². The quantitative estimate of drug-likeness (QED) is 0.543. The van der Waals surface area contributed by atoms with Crippen LogP contribution in [0.15, 0.2) is 42.7 Å². The van der Waals surface area contributed by atoms with Gasteiger partial charge in [0.15, 0.2) is 0 Å². The molecule has 1 atom stereocenters. The molecule has 0 spiro atoms. The average Bonchev–Trinajstić information content (AvgIpc) is 3.31. The Balaban J connectivity index is 1.34. The van der Waals surface area contributed by atoms with Crippen LogP contribution in [0.5, 0.6) is 5.75 Å². The lowest BCUT2D eigenvalue weighted by molar-refractivity contribution is -0.137. The number of amides is 1. The number of benzene rings is 1. The van der Waals surface area contributed by atoms with Gasteiger partial charge in [0.25, 0.3) is 0 Å². The molecule has 1 amide bonds. The van der Waals surface area contributed by atoms with Crippen molar-refractivity contribution >= 4 is 32.5 Å². The van der Waals surface area contributed by atoms with Crippen LogP contribution in [0, 0.1) is 5.92 Å². The number of anilines is 1. The molecule has 2 N–H and O–H groups in total. The minimum Gasteiger partial charge on any atom is -0.488 e. The van der Waals surface area contributed by atoms with E-state index in [-0.39, 0.29) is 35.0 Å². The van der Waals surface area contributed by atoms with E-state index in [9.17, 15) is 26.4 Å². The molecule has 2 aliphatic rings. The molecule has 1 aromatic carbocycles. The molecular weight excluding hydrogens is 509 g/mol. The second-order valence-electron chi connectivity index (χ2n) is 9.43. The molecular formula is C25H25F3N4O4S. The highest BCUT2D eigenvalue weighted by Crippen LogP contribution is 2.37. The number of nitrogen functional groups attached to an aromatic ring is 1. The van der Waals surface area contributed by atoms with Crippen LogP contribution in [-0.4, -0.2) is 59.9 Å². The van der Waals surface area contributed by atoms with Crippen LogP contribution in [0.3, 0.4) is 0 Å². The van der Waals surface area contributed by atoms with E-state index in [2.05, 4.69) is 9.97 Å². The second kappa shape index (κ2) is 9.47. The zero-order valence-electron chi connectivity index (χ0n) is 19.7. The van der Waals surface area contributed by atoms with Crippen LogP contribution in [0.4, 0.5) is 19.0 Å². The summed E-state index contributed by atoms with van der Waals surface area (Å²) in [6.07, 6.45) is -0.779. The van der Waals surface area contributed by atoms with E-state index in [1.54, 1.807) is 29.2 Å². The Morgan fingerprint density at radius 1 is 1.08 bits per heavy atom. The van der Waals surface area contributed by atoms with Gasteiger partial charge in [-0.05, 0) is 48.7 Å². The number of rotatable bonds is 4. The lowest BCUT2D eigenvalue weighted by Crippen LogP contribution is -2.39. The zero-order chi connectivity index (χ0) is 26.4. The van der Waals surface area contributed by atoms with Crippen LogP contribution in [0.25, 0.3) is 22.0 Å². The highest BCUT2D eigenvalue weighted by atomic mass is 32.2. The van der Waals surface area contributed by atoms with Gasteiger partial charge >= 0.3 is 6.18 Å². The third kappa shape index (κ3) is 5.34. The average molecular weight is 535 g/mol. The molecule has 8 nitrogen and oxygen atoms in total. The van der Waals surface area contributed by atoms with Gasteiger partial charge in [0.1, 0.15) is 27.5 Å². The lowest BCUT2D eigenvalue weighted by Gasteiger charge is -2.26. The number of carbonyl (C=O) groups is 1. The Bertz CT molecular complexity index is 1450. The fraction of sp³-hybridized carbons (Fsp3) is 0.400. The second-order valence-corrected chi connectivity index (χ2v) is 11.7. The first-order chi connectivity index (χ1) is 17.5. The molecule has 2 aromatic heterocycles. The van der Waals surface area contributed by atoms with E-state index in [0.29, 0.717) is 54.6 Å². The van der Waals surface area contributed by atoms with Gasteiger partial charge in [0.05, 0.1) is 29.1 Å². The molecule has 2 aliphatic heterocycles. The van der Waals surface area contributed by atoms with Gasteiger partial charge in [0, 0.05) is 42.2 Å². The molecule has 37 heavy (non-hydrogen) atoms. The molecule has 3 aromatic rings. The summed E-state index contributed by atoms with van der Waals surface area (Å²) in [5.41, 5.74) is 5.78. The predicted octanol–water partition coefficient (Wildman–Crippen LogP) is 3.70. The number of nitrogens with zero attached hydrogens (tertiary/aromatic N) is 3. The van der Waals surface area contributed by atoms with Crippen molar-refractivity contribution in [3.63, 3.8) is 0 Å². The smallest absolute Gasteiger partial charge is 0.419 e. The molecule has 4 heterocycles.